The van der Waals surface area contributed by atoms with Crippen LogP contribution in [0.5, 0.6) is 0 Å². The Labute approximate surface area is 168 Å². The molecule has 0 atom stereocenters. The lowest BCUT2D eigenvalue weighted by atomic mass is 10.1. The van der Waals surface area contributed by atoms with Gasteiger partial charge in [-0.1, -0.05) is 44.4 Å². The minimum Gasteiger partial charge on any atom is -0.478 e. The van der Waals surface area contributed by atoms with Crippen molar-refractivity contribution in [2.75, 3.05) is 11.9 Å². The fourth-order valence-corrected chi connectivity index (χ4v) is 3.01. The number of hydrogen-bond donors (Lipinski definition) is 2. The van der Waals surface area contributed by atoms with Gasteiger partial charge in [0.2, 0.25) is 0 Å². The maximum Gasteiger partial charge on any atom is 0.335 e. The van der Waals surface area contributed by atoms with Crippen molar-refractivity contribution in [3.05, 3.63) is 54.0 Å². The summed E-state index contributed by atoms with van der Waals surface area (Å²) in [6.07, 6.45) is 13.4. The Bertz CT molecular complexity index is 723. The van der Waals surface area contributed by atoms with E-state index in [4.69, 9.17) is 9.52 Å². The highest BCUT2D eigenvalue weighted by molar-refractivity contribution is 5.87. The molecule has 150 valence electrons. The monoisotopic (exact) mass is 381 g/mol. The lowest BCUT2D eigenvalue weighted by Crippen LogP contribution is -2.02. The number of hydrogen-bond acceptors (Lipinski definition) is 3. The molecule has 1 heterocycles. The second kappa shape index (κ2) is 13.5. The van der Waals surface area contributed by atoms with Gasteiger partial charge in [-0.15, -0.1) is 5.92 Å². The number of aromatic carboxylic acids is 1. The Morgan fingerprint density at radius 1 is 0.893 bits per heavy atom. The Morgan fingerprint density at radius 3 is 2.21 bits per heavy atom. The van der Waals surface area contributed by atoms with Crippen molar-refractivity contribution >= 4 is 11.7 Å². The third-order valence-corrected chi connectivity index (χ3v) is 4.66. The van der Waals surface area contributed by atoms with Gasteiger partial charge in [0.1, 0.15) is 5.76 Å². The zero-order chi connectivity index (χ0) is 19.9. The standard InChI is InChI=1S/C24H31NO3/c26-24(27)21-15-17-22(18-16-21)25-19-11-9-7-5-3-1-2-4-6-8-10-13-23-14-12-20-28-23/h12,14-18,20,25H,1-7,9,11,13,19H2,(H,26,27). The van der Waals surface area contributed by atoms with Crippen LogP contribution in [0.25, 0.3) is 0 Å². The van der Waals surface area contributed by atoms with Gasteiger partial charge in [-0.25, -0.2) is 4.79 Å². The highest BCUT2D eigenvalue weighted by Gasteiger charge is 2.01. The molecule has 4 heteroatoms. The number of benzene rings is 1. The summed E-state index contributed by atoms with van der Waals surface area (Å²) < 4.78 is 5.25. The molecule has 0 aliphatic heterocycles. The van der Waals surface area contributed by atoms with E-state index in [1.54, 1.807) is 18.4 Å². The van der Waals surface area contributed by atoms with Crippen molar-refractivity contribution in [1.29, 1.82) is 0 Å². The Hall–Kier alpha value is -2.67. The Morgan fingerprint density at radius 2 is 1.57 bits per heavy atom. The summed E-state index contributed by atoms with van der Waals surface area (Å²) >= 11 is 0. The van der Waals surface area contributed by atoms with Gasteiger partial charge in [0.25, 0.3) is 0 Å². The van der Waals surface area contributed by atoms with Crippen LogP contribution in [-0.4, -0.2) is 17.6 Å². The SMILES string of the molecule is O=C(O)c1ccc(NCCCCCCCCCCC#CCc2ccco2)cc1. The molecule has 0 aliphatic rings. The fourth-order valence-electron chi connectivity index (χ4n) is 3.01. The number of rotatable bonds is 13. The minimum atomic E-state index is -0.885. The summed E-state index contributed by atoms with van der Waals surface area (Å²) in [6.45, 7) is 0.934. The van der Waals surface area contributed by atoms with E-state index < -0.39 is 5.97 Å². The summed E-state index contributed by atoms with van der Waals surface area (Å²) in [4.78, 5) is 10.8. The van der Waals surface area contributed by atoms with E-state index in [1.807, 2.05) is 24.3 Å². The van der Waals surface area contributed by atoms with Gasteiger partial charge in [0, 0.05) is 18.7 Å². The first-order chi connectivity index (χ1) is 13.8. The van der Waals surface area contributed by atoms with Gasteiger partial charge < -0.3 is 14.8 Å². The van der Waals surface area contributed by atoms with Crippen molar-refractivity contribution in [2.24, 2.45) is 0 Å². The summed E-state index contributed by atoms with van der Waals surface area (Å²) in [5, 5.41) is 12.2. The van der Waals surface area contributed by atoms with Crippen LogP contribution < -0.4 is 5.32 Å². The molecule has 0 saturated heterocycles. The van der Waals surface area contributed by atoms with Gasteiger partial charge in [0.05, 0.1) is 18.2 Å². The van der Waals surface area contributed by atoms with Crippen LogP contribution in [-0.2, 0) is 6.42 Å². The molecule has 1 aromatic heterocycles. The van der Waals surface area contributed by atoms with Crippen LogP contribution in [0.2, 0.25) is 0 Å². The largest absolute Gasteiger partial charge is 0.478 e. The van der Waals surface area contributed by atoms with Crippen molar-refractivity contribution < 1.29 is 14.3 Å². The summed E-state index contributed by atoms with van der Waals surface area (Å²) in [5.74, 6) is 6.45. The van der Waals surface area contributed by atoms with Gasteiger partial charge >= 0.3 is 5.97 Å². The lowest BCUT2D eigenvalue weighted by Gasteiger charge is -2.06. The summed E-state index contributed by atoms with van der Waals surface area (Å²) in [6, 6.07) is 10.8. The van der Waals surface area contributed by atoms with E-state index in [0.29, 0.717) is 5.56 Å². The number of furan rings is 1. The third-order valence-electron chi connectivity index (χ3n) is 4.66. The number of unbranched alkanes of at least 4 members (excludes halogenated alkanes) is 8. The number of nitrogens with one attached hydrogen (secondary N) is 1. The van der Waals surface area contributed by atoms with Gasteiger partial charge in [-0.3, -0.25) is 0 Å². The van der Waals surface area contributed by atoms with Crippen molar-refractivity contribution in [1.82, 2.24) is 0 Å². The van der Waals surface area contributed by atoms with E-state index in [0.717, 1.165) is 37.3 Å². The van der Waals surface area contributed by atoms with Crippen LogP contribution in [0.15, 0.2) is 47.1 Å². The van der Waals surface area contributed by atoms with Crippen molar-refractivity contribution in [3.63, 3.8) is 0 Å². The zero-order valence-electron chi connectivity index (χ0n) is 16.6. The summed E-state index contributed by atoms with van der Waals surface area (Å²) in [5.41, 5.74) is 1.31. The zero-order valence-corrected chi connectivity index (χ0v) is 16.6. The van der Waals surface area contributed by atoms with Gasteiger partial charge in [0.15, 0.2) is 0 Å². The molecule has 0 unspecified atom stereocenters. The molecule has 4 nitrogen and oxygen atoms in total. The molecule has 0 saturated carbocycles. The maximum atomic E-state index is 10.8. The van der Waals surface area contributed by atoms with E-state index in [1.165, 1.54) is 44.9 Å². The first kappa shape index (κ1) is 21.6. The van der Waals surface area contributed by atoms with Crippen LogP contribution in [0, 0.1) is 11.8 Å². The maximum absolute atomic E-state index is 10.8. The van der Waals surface area contributed by atoms with Crippen LogP contribution in [0.4, 0.5) is 5.69 Å². The fraction of sp³-hybridized carbons (Fsp3) is 0.458. The molecule has 0 bridgehead atoms. The van der Waals surface area contributed by atoms with Crippen molar-refractivity contribution in [3.8, 4) is 11.8 Å². The normalized spacial score (nSPS) is 10.3. The number of anilines is 1. The number of carboxylic acid groups (broad SMARTS) is 1. The molecule has 0 aliphatic carbocycles. The second-order valence-corrected chi connectivity index (χ2v) is 7.00. The van der Waals surface area contributed by atoms with Gasteiger partial charge in [-0.05, 0) is 49.2 Å². The molecule has 0 radical (unpaired) electrons. The first-order valence-electron chi connectivity index (χ1n) is 10.3. The average Bonchev–Trinajstić information content (AvgIpc) is 3.22. The molecule has 0 amide bonds. The summed E-state index contributed by atoms with van der Waals surface area (Å²) in [7, 11) is 0. The van der Waals surface area contributed by atoms with Crippen LogP contribution in [0.1, 0.15) is 73.9 Å². The highest BCUT2D eigenvalue weighted by Crippen LogP contribution is 2.12. The third kappa shape index (κ3) is 9.32. The Balaban J connectivity index is 1.36. The smallest absolute Gasteiger partial charge is 0.335 e. The molecule has 0 spiro atoms. The van der Waals surface area contributed by atoms with Crippen LogP contribution >= 0.6 is 0 Å². The highest BCUT2D eigenvalue weighted by atomic mass is 16.4. The first-order valence-corrected chi connectivity index (χ1v) is 10.3. The molecule has 28 heavy (non-hydrogen) atoms. The second-order valence-electron chi connectivity index (χ2n) is 7.00. The van der Waals surface area contributed by atoms with Crippen molar-refractivity contribution in [2.45, 2.75) is 64.2 Å². The molecular formula is C24H31NO3. The number of carbonyl (C=O) groups is 1. The topological polar surface area (TPSA) is 62.5 Å². The quantitative estimate of drug-likeness (QED) is 0.323. The molecule has 2 aromatic rings. The molecule has 0 fully saturated rings. The Kier molecular flexibility index (Phi) is 10.4. The van der Waals surface area contributed by atoms with Crippen LogP contribution in [0.3, 0.4) is 0 Å². The van der Waals surface area contributed by atoms with E-state index in [-0.39, 0.29) is 0 Å². The predicted molar refractivity (Wildman–Crippen MR) is 114 cm³/mol. The van der Waals surface area contributed by atoms with E-state index in [2.05, 4.69) is 17.2 Å². The van der Waals surface area contributed by atoms with E-state index in [9.17, 15) is 4.79 Å². The molecular weight excluding hydrogens is 350 g/mol. The molecule has 2 rings (SSSR count). The van der Waals surface area contributed by atoms with Gasteiger partial charge in [-0.2, -0.15) is 0 Å². The minimum absolute atomic E-state index is 0.325. The average molecular weight is 382 g/mol. The predicted octanol–water partition coefficient (Wildman–Crippen LogP) is 6.15. The molecule has 1 aromatic carbocycles. The number of carboxylic acids is 1. The lowest BCUT2D eigenvalue weighted by molar-refractivity contribution is 0.0697. The van der Waals surface area contributed by atoms with E-state index >= 15 is 0 Å². The molecule has 2 N–H and O–H groups in total.